The molecular formula is C26H31N3O4S. The van der Waals surface area contributed by atoms with Crippen molar-refractivity contribution in [2.24, 2.45) is 0 Å². The van der Waals surface area contributed by atoms with E-state index in [1.807, 2.05) is 42.5 Å². The number of rotatable bonds is 9. The molecule has 180 valence electrons. The number of benzene rings is 2. The first-order valence-electron chi connectivity index (χ1n) is 11.1. The maximum absolute atomic E-state index is 12.5. The number of sulfonamides is 1. The molecule has 3 aromatic rings. The van der Waals surface area contributed by atoms with Gasteiger partial charge >= 0.3 is 0 Å². The van der Waals surface area contributed by atoms with Crippen LogP contribution in [0.25, 0.3) is 0 Å². The Balaban J connectivity index is 1.44. The van der Waals surface area contributed by atoms with Crippen molar-refractivity contribution >= 4 is 15.9 Å². The van der Waals surface area contributed by atoms with Crippen molar-refractivity contribution in [3.05, 3.63) is 100.0 Å². The summed E-state index contributed by atoms with van der Waals surface area (Å²) >= 11 is 0. The molecule has 0 radical (unpaired) electrons. The Morgan fingerprint density at radius 1 is 0.912 bits per heavy atom. The molecule has 7 nitrogen and oxygen atoms in total. The molecule has 0 saturated carbocycles. The number of pyridine rings is 1. The predicted octanol–water partition coefficient (Wildman–Crippen LogP) is 3.18. The van der Waals surface area contributed by atoms with Crippen LogP contribution < -0.4 is 15.6 Å². The second kappa shape index (κ2) is 10.8. The molecule has 0 aliphatic carbocycles. The van der Waals surface area contributed by atoms with Crippen LogP contribution in [-0.4, -0.2) is 25.4 Å². The molecule has 34 heavy (non-hydrogen) atoms. The van der Waals surface area contributed by atoms with Gasteiger partial charge in [0.1, 0.15) is 0 Å². The number of amides is 1. The summed E-state index contributed by atoms with van der Waals surface area (Å²) in [7, 11) is -3.67. The summed E-state index contributed by atoms with van der Waals surface area (Å²) in [6.07, 6.45) is 1.78. The normalized spacial score (nSPS) is 11.9. The van der Waals surface area contributed by atoms with Crippen LogP contribution in [0.3, 0.4) is 0 Å². The Kier molecular flexibility index (Phi) is 8.06. The van der Waals surface area contributed by atoms with Gasteiger partial charge in [-0.1, -0.05) is 63.2 Å². The van der Waals surface area contributed by atoms with Crippen LogP contribution in [0.2, 0.25) is 0 Å². The van der Waals surface area contributed by atoms with Gasteiger partial charge in [0.05, 0.1) is 11.4 Å². The SMILES string of the molecule is CC(C)(C)c1ccc(S(=O)(=O)NCCC(=O)NCc2ccc(Cn3ccccc3=O)cc2)cc1. The molecule has 2 aromatic carbocycles. The van der Waals surface area contributed by atoms with Gasteiger partial charge in [-0.2, -0.15) is 0 Å². The van der Waals surface area contributed by atoms with Gasteiger partial charge in [0, 0.05) is 31.8 Å². The predicted molar refractivity (Wildman–Crippen MR) is 133 cm³/mol. The van der Waals surface area contributed by atoms with Crippen molar-refractivity contribution in [2.45, 2.75) is 50.6 Å². The Morgan fingerprint density at radius 3 is 2.18 bits per heavy atom. The first kappa shape index (κ1) is 25.4. The minimum atomic E-state index is -3.67. The highest BCUT2D eigenvalue weighted by atomic mass is 32.2. The van der Waals surface area contributed by atoms with Gasteiger partial charge < -0.3 is 9.88 Å². The molecule has 0 saturated heterocycles. The highest BCUT2D eigenvalue weighted by Crippen LogP contribution is 2.23. The monoisotopic (exact) mass is 481 g/mol. The van der Waals surface area contributed by atoms with E-state index < -0.39 is 10.0 Å². The number of nitrogens with one attached hydrogen (secondary N) is 2. The van der Waals surface area contributed by atoms with E-state index in [-0.39, 0.29) is 34.7 Å². The fraction of sp³-hybridized carbons (Fsp3) is 0.308. The third kappa shape index (κ3) is 7.13. The molecule has 2 N–H and O–H groups in total. The lowest BCUT2D eigenvalue weighted by Crippen LogP contribution is -2.30. The van der Waals surface area contributed by atoms with Gasteiger partial charge in [0.2, 0.25) is 15.9 Å². The van der Waals surface area contributed by atoms with Crippen LogP contribution in [0.4, 0.5) is 0 Å². The van der Waals surface area contributed by atoms with Crippen molar-refractivity contribution < 1.29 is 13.2 Å². The first-order chi connectivity index (χ1) is 16.0. The Hall–Kier alpha value is -3.23. The van der Waals surface area contributed by atoms with E-state index in [2.05, 4.69) is 30.8 Å². The number of hydrogen-bond acceptors (Lipinski definition) is 4. The van der Waals surface area contributed by atoms with E-state index in [9.17, 15) is 18.0 Å². The number of carbonyl (C=O) groups excluding carboxylic acids is 1. The zero-order chi connectivity index (χ0) is 24.8. The highest BCUT2D eigenvalue weighted by Gasteiger charge is 2.17. The molecule has 0 aliphatic heterocycles. The van der Waals surface area contributed by atoms with Gasteiger partial charge in [-0.05, 0) is 40.3 Å². The van der Waals surface area contributed by atoms with Gasteiger partial charge in [-0.15, -0.1) is 0 Å². The van der Waals surface area contributed by atoms with Crippen LogP contribution in [0.15, 0.2) is 82.6 Å². The fourth-order valence-corrected chi connectivity index (χ4v) is 4.39. The van der Waals surface area contributed by atoms with Gasteiger partial charge in [0.25, 0.3) is 5.56 Å². The van der Waals surface area contributed by atoms with Crippen LogP contribution in [0.1, 0.15) is 43.9 Å². The van der Waals surface area contributed by atoms with Crippen LogP contribution in [0, 0.1) is 0 Å². The minimum absolute atomic E-state index is 0.0138. The maximum Gasteiger partial charge on any atom is 0.250 e. The first-order valence-corrected chi connectivity index (χ1v) is 12.6. The van der Waals surface area contributed by atoms with E-state index in [1.165, 1.54) is 6.07 Å². The van der Waals surface area contributed by atoms with Crippen molar-refractivity contribution in [1.29, 1.82) is 0 Å². The molecule has 8 heteroatoms. The Morgan fingerprint density at radius 2 is 1.56 bits per heavy atom. The Bertz CT molecular complexity index is 1270. The summed E-state index contributed by atoms with van der Waals surface area (Å²) < 4.78 is 29.1. The summed E-state index contributed by atoms with van der Waals surface area (Å²) in [4.78, 5) is 24.2. The molecule has 1 aromatic heterocycles. The van der Waals surface area contributed by atoms with Crippen molar-refractivity contribution in [2.75, 3.05) is 6.54 Å². The molecule has 1 amide bonds. The van der Waals surface area contributed by atoms with Crippen molar-refractivity contribution in [3.8, 4) is 0 Å². The molecule has 3 rings (SSSR count). The van der Waals surface area contributed by atoms with Gasteiger partial charge in [0.15, 0.2) is 0 Å². The smallest absolute Gasteiger partial charge is 0.250 e. The second-order valence-corrected chi connectivity index (χ2v) is 10.9. The summed E-state index contributed by atoms with van der Waals surface area (Å²) in [5, 5.41) is 2.80. The lowest BCUT2D eigenvalue weighted by molar-refractivity contribution is -0.121. The lowest BCUT2D eigenvalue weighted by atomic mass is 9.87. The standard InChI is InChI=1S/C26H31N3O4S/c1-26(2,3)22-11-13-23(14-12-22)34(32,33)28-16-15-24(30)27-18-20-7-9-21(10-8-20)19-29-17-5-4-6-25(29)31/h4-14,17,28H,15-16,18-19H2,1-3H3,(H,27,30). The van der Waals surface area contributed by atoms with E-state index in [0.717, 1.165) is 16.7 Å². The van der Waals surface area contributed by atoms with Crippen molar-refractivity contribution in [3.63, 3.8) is 0 Å². The van der Waals surface area contributed by atoms with Crippen molar-refractivity contribution in [1.82, 2.24) is 14.6 Å². The zero-order valence-corrected chi connectivity index (χ0v) is 20.6. The molecule has 0 atom stereocenters. The zero-order valence-electron chi connectivity index (χ0n) is 19.7. The van der Waals surface area contributed by atoms with E-state index in [0.29, 0.717) is 13.1 Å². The van der Waals surface area contributed by atoms with Crippen LogP contribution in [0.5, 0.6) is 0 Å². The molecule has 0 spiro atoms. The van der Waals surface area contributed by atoms with Crippen LogP contribution in [-0.2, 0) is 33.3 Å². The minimum Gasteiger partial charge on any atom is -0.352 e. The number of nitrogens with zero attached hydrogens (tertiary/aromatic N) is 1. The average Bonchev–Trinajstić information content (AvgIpc) is 2.79. The van der Waals surface area contributed by atoms with E-state index in [4.69, 9.17) is 0 Å². The average molecular weight is 482 g/mol. The molecular weight excluding hydrogens is 450 g/mol. The third-order valence-corrected chi connectivity index (χ3v) is 6.92. The lowest BCUT2D eigenvalue weighted by Gasteiger charge is -2.19. The van der Waals surface area contributed by atoms with Crippen LogP contribution >= 0.6 is 0 Å². The molecule has 0 aliphatic rings. The molecule has 1 heterocycles. The quantitative estimate of drug-likeness (QED) is 0.491. The Labute approximate surface area is 200 Å². The number of hydrogen-bond donors (Lipinski definition) is 2. The topological polar surface area (TPSA) is 97.3 Å². The molecule has 0 unspecified atom stereocenters. The largest absolute Gasteiger partial charge is 0.352 e. The highest BCUT2D eigenvalue weighted by molar-refractivity contribution is 7.89. The number of carbonyl (C=O) groups is 1. The third-order valence-electron chi connectivity index (χ3n) is 5.44. The van der Waals surface area contributed by atoms with Gasteiger partial charge in [-0.25, -0.2) is 13.1 Å². The fourth-order valence-electron chi connectivity index (χ4n) is 3.36. The summed E-state index contributed by atoms with van der Waals surface area (Å²) in [6, 6.07) is 19.5. The molecule has 0 fully saturated rings. The number of aromatic nitrogens is 1. The summed E-state index contributed by atoms with van der Waals surface area (Å²) in [5.74, 6) is -0.245. The summed E-state index contributed by atoms with van der Waals surface area (Å²) in [5.41, 5.74) is 2.82. The maximum atomic E-state index is 12.5. The van der Waals surface area contributed by atoms with Gasteiger partial charge in [-0.3, -0.25) is 9.59 Å². The molecule has 0 bridgehead atoms. The van der Waals surface area contributed by atoms with E-state index >= 15 is 0 Å². The second-order valence-electron chi connectivity index (χ2n) is 9.18. The van der Waals surface area contributed by atoms with E-state index in [1.54, 1.807) is 29.0 Å². The summed E-state index contributed by atoms with van der Waals surface area (Å²) in [6.45, 7) is 7.02.